The number of nitrogens with one attached hydrogen (secondary N) is 1. The summed E-state index contributed by atoms with van der Waals surface area (Å²) in [6.07, 6.45) is 3.18. The van der Waals surface area contributed by atoms with Crippen molar-refractivity contribution < 1.29 is 19.1 Å². The van der Waals surface area contributed by atoms with Gasteiger partial charge in [0.25, 0.3) is 5.91 Å². The molecule has 0 spiro atoms. The van der Waals surface area contributed by atoms with Crippen LogP contribution in [0.2, 0.25) is 0 Å². The highest BCUT2D eigenvalue weighted by atomic mass is 16.5. The number of hydrogen-bond acceptors (Lipinski definition) is 4. The molecule has 0 fully saturated rings. The SMILES string of the molecule is Cc1ccc(C(=O)NCCC/C=C(/C(=O)OCc2ccccc2)c2ccc(OCc3ccccc3)cc2)cc1C. The Morgan fingerprint density at radius 2 is 1.35 bits per heavy atom. The molecule has 0 bridgehead atoms. The number of hydrogen-bond donors (Lipinski definition) is 1. The molecule has 0 unspecified atom stereocenters. The number of benzene rings is 4. The minimum Gasteiger partial charge on any atom is -0.489 e. The minimum atomic E-state index is -0.388. The average Bonchev–Trinajstić information content (AvgIpc) is 2.99. The molecule has 0 saturated heterocycles. The highest BCUT2D eigenvalue weighted by Gasteiger charge is 2.14. The van der Waals surface area contributed by atoms with Gasteiger partial charge in [0.1, 0.15) is 19.0 Å². The molecular formula is C35H35NO4. The second-order valence-electron chi connectivity index (χ2n) is 9.68. The van der Waals surface area contributed by atoms with Gasteiger partial charge in [0.2, 0.25) is 0 Å². The standard InChI is InChI=1S/C35H35NO4/c1-26-16-17-31(23-27(26)2)34(37)36-22-10-9-15-33(35(38)40-25-29-13-7-4-8-14-29)30-18-20-32(21-19-30)39-24-28-11-5-3-6-12-28/h3-8,11-21,23H,9-10,22,24-25H2,1-2H3,(H,36,37)/b33-15+. The number of rotatable bonds is 12. The van der Waals surface area contributed by atoms with Crippen LogP contribution in [0.15, 0.2) is 109 Å². The zero-order valence-electron chi connectivity index (χ0n) is 23.1. The van der Waals surface area contributed by atoms with Crippen LogP contribution in [-0.2, 0) is 22.7 Å². The van der Waals surface area contributed by atoms with E-state index in [0.717, 1.165) is 33.6 Å². The van der Waals surface area contributed by atoms with E-state index >= 15 is 0 Å². The van der Waals surface area contributed by atoms with Gasteiger partial charge in [-0.25, -0.2) is 4.79 Å². The molecular weight excluding hydrogens is 498 g/mol. The minimum absolute atomic E-state index is 0.0966. The van der Waals surface area contributed by atoms with Crippen LogP contribution in [-0.4, -0.2) is 18.4 Å². The zero-order valence-corrected chi connectivity index (χ0v) is 23.1. The third-order valence-corrected chi connectivity index (χ3v) is 6.63. The molecule has 5 nitrogen and oxygen atoms in total. The predicted molar refractivity (Wildman–Crippen MR) is 159 cm³/mol. The number of carbonyl (C=O) groups excluding carboxylic acids is 2. The molecule has 4 aromatic rings. The maximum atomic E-state index is 13.1. The summed E-state index contributed by atoms with van der Waals surface area (Å²) >= 11 is 0. The van der Waals surface area contributed by atoms with Crippen LogP contribution in [0.4, 0.5) is 0 Å². The summed E-state index contributed by atoms with van der Waals surface area (Å²) in [4.78, 5) is 25.7. The molecule has 4 aromatic carbocycles. The van der Waals surface area contributed by atoms with E-state index in [1.807, 2.05) is 123 Å². The fourth-order valence-electron chi connectivity index (χ4n) is 4.13. The largest absolute Gasteiger partial charge is 0.489 e. The number of esters is 1. The van der Waals surface area contributed by atoms with Crippen molar-refractivity contribution in [2.45, 2.75) is 39.9 Å². The van der Waals surface area contributed by atoms with E-state index < -0.39 is 0 Å². The molecule has 0 aromatic heterocycles. The van der Waals surface area contributed by atoms with Crippen LogP contribution in [0.25, 0.3) is 5.57 Å². The first kappa shape index (κ1) is 28.4. The van der Waals surface area contributed by atoms with Crippen molar-refractivity contribution >= 4 is 17.4 Å². The van der Waals surface area contributed by atoms with Gasteiger partial charge in [-0.3, -0.25) is 4.79 Å². The number of allylic oxidation sites excluding steroid dienone is 1. The fourth-order valence-corrected chi connectivity index (χ4v) is 4.13. The molecule has 0 aliphatic rings. The summed E-state index contributed by atoms with van der Waals surface area (Å²) in [5, 5.41) is 2.97. The van der Waals surface area contributed by atoms with Gasteiger partial charge in [0, 0.05) is 12.1 Å². The fraction of sp³-hybridized carbons (Fsp3) is 0.200. The van der Waals surface area contributed by atoms with Gasteiger partial charge < -0.3 is 14.8 Å². The molecule has 0 saturated carbocycles. The van der Waals surface area contributed by atoms with Crippen LogP contribution in [0.1, 0.15) is 51.0 Å². The van der Waals surface area contributed by atoms with Gasteiger partial charge in [0.15, 0.2) is 0 Å². The molecule has 4 rings (SSSR count). The average molecular weight is 534 g/mol. The molecule has 0 aliphatic heterocycles. The molecule has 1 N–H and O–H groups in total. The summed E-state index contributed by atoms with van der Waals surface area (Å²) in [5.74, 6) is 0.236. The second-order valence-corrected chi connectivity index (χ2v) is 9.68. The van der Waals surface area contributed by atoms with Crippen molar-refractivity contribution in [3.8, 4) is 5.75 Å². The third kappa shape index (κ3) is 8.43. The lowest BCUT2D eigenvalue weighted by Crippen LogP contribution is -2.24. The van der Waals surface area contributed by atoms with Crippen LogP contribution in [0, 0.1) is 13.8 Å². The van der Waals surface area contributed by atoms with Gasteiger partial charge >= 0.3 is 5.97 Å². The Morgan fingerprint density at radius 1 is 0.725 bits per heavy atom. The Kier molecular flexibility index (Phi) is 10.3. The van der Waals surface area contributed by atoms with Gasteiger partial charge in [-0.2, -0.15) is 0 Å². The van der Waals surface area contributed by atoms with Gasteiger partial charge in [-0.15, -0.1) is 0 Å². The highest BCUT2D eigenvalue weighted by molar-refractivity contribution is 6.16. The van der Waals surface area contributed by atoms with E-state index in [2.05, 4.69) is 5.32 Å². The van der Waals surface area contributed by atoms with Crippen LogP contribution < -0.4 is 10.1 Å². The lowest BCUT2D eigenvalue weighted by molar-refractivity contribution is -0.137. The summed E-state index contributed by atoms with van der Waals surface area (Å²) in [6, 6.07) is 32.7. The predicted octanol–water partition coefficient (Wildman–Crippen LogP) is 7.22. The van der Waals surface area contributed by atoms with Gasteiger partial charge in [0.05, 0.1) is 5.57 Å². The molecule has 0 radical (unpaired) electrons. The van der Waals surface area contributed by atoms with Crippen LogP contribution >= 0.6 is 0 Å². The van der Waals surface area contributed by atoms with E-state index in [4.69, 9.17) is 9.47 Å². The van der Waals surface area contributed by atoms with Crippen LogP contribution in [0.3, 0.4) is 0 Å². The Labute approximate surface area is 236 Å². The van der Waals surface area contributed by atoms with Crippen molar-refractivity contribution in [2.24, 2.45) is 0 Å². The van der Waals surface area contributed by atoms with E-state index in [-0.39, 0.29) is 18.5 Å². The second kappa shape index (κ2) is 14.5. The van der Waals surface area contributed by atoms with Crippen molar-refractivity contribution in [1.29, 1.82) is 0 Å². The van der Waals surface area contributed by atoms with Gasteiger partial charge in [-0.1, -0.05) is 84.9 Å². The third-order valence-electron chi connectivity index (χ3n) is 6.63. The Morgan fingerprint density at radius 3 is 2.00 bits per heavy atom. The Balaban J connectivity index is 1.38. The maximum absolute atomic E-state index is 13.1. The molecule has 0 atom stereocenters. The Hall–Kier alpha value is -4.64. The molecule has 204 valence electrons. The van der Waals surface area contributed by atoms with E-state index in [1.165, 1.54) is 0 Å². The van der Waals surface area contributed by atoms with Gasteiger partial charge in [-0.05, 0) is 78.8 Å². The summed E-state index contributed by atoms with van der Waals surface area (Å²) < 4.78 is 11.5. The molecule has 1 amide bonds. The van der Waals surface area contributed by atoms with E-state index in [0.29, 0.717) is 37.1 Å². The zero-order chi connectivity index (χ0) is 28.2. The van der Waals surface area contributed by atoms with Crippen LogP contribution in [0.5, 0.6) is 5.75 Å². The lowest BCUT2D eigenvalue weighted by Gasteiger charge is -2.11. The highest BCUT2D eigenvalue weighted by Crippen LogP contribution is 2.22. The monoisotopic (exact) mass is 533 g/mol. The van der Waals surface area contributed by atoms with E-state index in [1.54, 1.807) is 0 Å². The van der Waals surface area contributed by atoms with Crippen molar-refractivity contribution in [1.82, 2.24) is 5.32 Å². The summed E-state index contributed by atoms with van der Waals surface area (Å²) in [7, 11) is 0. The normalized spacial score (nSPS) is 11.1. The smallest absolute Gasteiger partial charge is 0.338 e. The molecule has 0 heterocycles. The van der Waals surface area contributed by atoms with Crippen molar-refractivity contribution in [3.63, 3.8) is 0 Å². The molecule has 5 heteroatoms. The topological polar surface area (TPSA) is 64.6 Å². The maximum Gasteiger partial charge on any atom is 0.338 e. The quantitative estimate of drug-likeness (QED) is 0.119. The first-order chi connectivity index (χ1) is 19.5. The summed E-state index contributed by atoms with van der Waals surface area (Å²) in [5.41, 5.74) is 6.15. The van der Waals surface area contributed by atoms with Crippen molar-refractivity contribution in [3.05, 3.63) is 143 Å². The number of amides is 1. The first-order valence-corrected chi connectivity index (χ1v) is 13.5. The van der Waals surface area contributed by atoms with E-state index in [9.17, 15) is 9.59 Å². The Bertz CT molecular complexity index is 1430. The lowest BCUT2D eigenvalue weighted by atomic mass is 10.0. The molecule has 0 aliphatic carbocycles. The summed E-state index contributed by atoms with van der Waals surface area (Å²) in [6.45, 7) is 5.19. The number of carbonyl (C=O) groups is 2. The van der Waals surface area contributed by atoms with Crippen molar-refractivity contribution in [2.75, 3.05) is 6.54 Å². The first-order valence-electron chi connectivity index (χ1n) is 13.5. The number of aryl methyl sites for hydroxylation is 2. The molecule has 40 heavy (non-hydrogen) atoms. The number of unbranched alkanes of at least 4 members (excludes halogenated alkanes) is 1. The number of ether oxygens (including phenoxy) is 2.